The number of nitrogens with one attached hydrogen (secondary N) is 1. The summed E-state index contributed by atoms with van der Waals surface area (Å²) in [6, 6.07) is 15.8. The molecule has 0 aliphatic carbocycles. The number of carbonyl (C=O) groups is 2. The fourth-order valence-electron chi connectivity index (χ4n) is 1.94. The molecule has 2 rings (SSSR count). The summed E-state index contributed by atoms with van der Waals surface area (Å²) in [4.78, 5) is 23.9. The summed E-state index contributed by atoms with van der Waals surface area (Å²) in [6.45, 7) is 1.72. The fourth-order valence-corrected chi connectivity index (χ4v) is 1.94. The number of phenols is 1. The molecule has 0 saturated carbocycles. The van der Waals surface area contributed by atoms with Crippen LogP contribution in [0.25, 0.3) is 6.08 Å². The second-order valence-electron chi connectivity index (χ2n) is 4.87. The van der Waals surface area contributed by atoms with Crippen LogP contribution in [0.5, 0.6) is 5.75 Å². The molecule has 4 heteroatoms. The summed E-state index contributed by atoms with van der Waals surface area (Å²) in [6.07, 6.45) is 1.52. The molecule has 112 valence electrons. The third kappa shape index (κ3) is 4.31. The monoisotopic (exact) mass is 295 g/mol. The van der Waals surface area contributed by atoms with Gasteiger partial charge in [-0.25, -0.2) is 0 Å². The molecule has 2 aromatic rings. The first-order valence-corrected chi connectivity index (χ1v) is 6.90. The van der Waals surface area contributed by atoms with Crippen molar-refractivity contribution in [2.75, 3.05) is 0 Å². The molecule has 0 fully saturated rings. The predicted molar refractivity (Wildman–Crippen MR) is 85.1 cm³/mol. The van der Waals surface area contributed by atoms with E-state index in [1.54, 1.807) is 12.1 Å². The predicted octanol–water partition coefficient (Wildman–Crippen LogP) is 2.68. The van der Waals surface area contributed by atoms with Crippen molar-refractivity contribution in [3.05, 3.63) is 71.3 Å². The lowest BCUT2D eigenvalue weighted by Gasteiger charge is -2.07. The van der Waals surface area contributed by atoms with Gasteiger partial charge >= 0.3 is 0 Å². The van der Waals surface area contributed by atoms with E-state index in [-0.39, 0.29) is 17.1 Å². The number of hydrogen-bond acceptors (Lipinski definition) is 3. The minimum atomic E-state index is -0.413. The highest BCUT2D eigenvalue weighted by molar-refractivity contribution is 6.21. The molecule has 0 radical (unpaired) electrons. The Kier molecular flexibility index (Phi) is 5.09. The topological polar surface area (TPSA) is 66.4 Å². The zero-order valence-electron chi connectivity index (χ0n) is 12.2. The lowest BCUT2D eigenvalue weighted by atomic mass is 10.1. The summed E-state index contributed by atoms with van der Waals surface area (Å²) in [5.41, 5.74) is 1.72. The van der Waals surface area contributed by atoms with Gasteiger partial charge in [-0.3, -0.25) is 9.59 Å². The van der Waals surface area contributed by atoms with E-state index in [0.717, 1.165) is 5.56 Å². The van der Waals surface area contributed by atoms with Crippen molar-refractivity contribution in [2.24, 2.45) is 0 Å². The van der Waals surface area contributed by atoms with E-state index >= 15 is 0 Å². The van der Waals surface area contributed by atoms with Crippen LogP contribution in [-0.2, 0) is 16.1 Å². The Morgan fingerprint density at radius 1 is 1.05 bits per heavy atom. The van der Waals surface area contributed by atoms with E-state index in [0.29, 0.717) is 12.1 Å². The molecular weight excluding hydrogens is 278 g/mol. The van der Waals surface area contributed by atoms with Crippen molar-refractivity contribution < 1.29 is 14.7 Å². The molecule has 1 amide bonds. The van der Waals surface area contributed by atoms with Crippen LogP contribution in [0, 0.1) is 0 Å². The van der Waals surface area contributed by atoms with Crippen molar-refractivity contribution in [1.82, 2.24) is 5.32 Å². The van der Waals surface area contributed by atoms with Crippen LogP contribution < -0.4 is 5.32 Å². The van der Waals surface area contributed by atoms with Crippen LogP contribution in [0.3, 0.4) is 0 Å². The van der Waals surface area contributed by atoms with Crippen molar-refractivity contribution >= 4 is 17.8 Å². The number of rotatable bonds is 5. The molecule has 0 bridgehead atoms. The molecule has 0 aliphatic rings. The Hall–Kier alpha value is -2.88. The maximum atomic E-state index is 12.2. The normalized spacial score (nSPS) is 11.0. The van der Waals surface area contributed by atoms with E-state index in [1.165, 1.54) is 25.1 Å². The van der Waals surface area contributed by atoms with E-state index < -0.39 is 5.91 Å². The lowest BCUT2D eigenvalue weighted by Crippen LogP contribution is -2.27. The zero-order valence-corrected chi connectivity index (χ0v) is 12.2. The van der Waals surface area contributed by atoms with Gasteiger partial charge in [-0.1, -0.05) is 42.5 Å². The van der Waals surface area contributed by atoms with E-state index in [1.807, 2.05) is 30.3 Å². The number of Topliss-reactive ketones (excluding diaryl/α,β-unsaturated/α-hetero) is 1. The van der Waals surface area contributed by atoms with Gasteiger partial charge in [0.15, 0.2) is 5.78 Å². The van der Waals surface area contributed by atoms with Crippen LogP contribution in [-0.4, -0.2) is 16.8 Å². The van der Waals surface area contributed by atoms with E-state index in [4.69, 9.17) is 0 Å². The highest BCUT2D eigenvalue weighted by Gasteiger charge is 2.14. The van der Waals surface area contributed by atoms with Crippen molar-refractivity contribution in [1.29, 1.82) is 0 Å². The third-order valence-corrected chi connectivity index (χ3v) is 3.12. The summed E-state index contributed by atoms with van der Waals surface area (Å²) < 4.78 is 0. The van der Waals surface area contributed by atoms with Crippen molar-refractivity contribution in [3.8, 4) is 5.75 Å². The molecule has 0 unspecified atom stereocenters. The number of carbonyl (C=O) groups excluding carboxylic acids is 2. The van der Waals surface area contributed by atoms with E-state index in [2.05, 4.69) is 5.32 Å². The van der Waals surface area contributed by atoms with Gasteiger partial charge < -0.3 is 10.4 Å². The molecule has 0 heterocycles. The average molecular weight is 295 g/mol. The van der Waals surface area contributed by atoms with Gasteiger partial charge in [0, 0.05) is 6.54 Å². The van der Waals surface area contributed by atoms with Crippen LogP contribution in [0.1, 0.15) is 18.1 Å². The molecule has 0 atom stereocenters. The first-order chi connectivity index (χ1) is 10.6. The summed E-state index contributed by atoms with van der Waals surface area (Å²) in [5, 5.41) is 12.0. The Labute approximate surface area is 129 Å². The molecule has 0 saturated heterocycles. The molecule has 22 heavy (non-hydrogen) atoms. The van der Waals surface area contributed by atoms with Gasteiger partial charge in [-0.15, -0.1) is 0 Å². The molecule has 4 nitrogen and oxygen atoms in total. The van der Waals surface area contributed by atoms with Gasteiger partial charge in [-0.05, 0) is 36.3 Å². The fraction of sp³-hybridized carbons (Fsp3) is 0.111. The first-order valence-electron chi connectivity index (χ1n) is 6.90. The average Bonchev–Trinajstić information content (AvgIpc) is 2.52. The van der Waals surface area contributed by atoms with Crippen molar-refractivity contribution in [2.45, 2.75) is 13.5 Å². The van der Waals surface area contributed by atoms with Gasteiger partial charge in [0.2, 0.25) is 0 Å². The zero-order chi connectivity index (χ0) is 15.9. The molecule has 0 aliphatic heterocycles. The second-order valence-corrected chi connectivity index (χ2v) is 4.87. The highest BCUT2D eigenvalue weighted by atomic mass is 16.3. The van der Waals surface area contributed by atoms with Crippen LogP contribution in [0.15, 0.2) is 60.2 Å². The maximum absolute atomic E-state index is 12.2. The second kappa shape index (κ2) is 7.22. The Morgan fingerprint density at radius 2 is 1.68 bits per heavy atom. The third-order valence-electron chi connectivity index (χ3n) is 3.12. The van der Waals surface area contributed by atoms with E-state index in [9.17, 15) is 14.7 Å². The van der Waals surface area contributed by atoms with Crippen molar-refractivity contribution in [3.63, 3.8) is 0 Å². The Morgan fingerprint density at radius 3 is 2.27 bits per heavy atom. The van der Waals surface area contributed by atoms with Gasteiger partial charge in [0.05, 0.1) is 5.57 Å². The molecule has 2 N–H and O–H groups in total. The smallest absolute Gasteiger partial charge is 0.255 e. The minimum Gasteiger partial charge on any atom is -0.508 e. The SMILES string of the molecule is CC(=O)C(=Cc1ccc(O)cc1)C(=O)NCc1ccccc1. The van der Waals surface area contributed by atoms with Crippen LogP contribution in [0.2, 0.25) is 0 Å². The van der Waals surface area contributed by atoms with Gasteiger partial charge in [0.25, 0.3) is 5.91 Å². The summed E-state index contributed by atoms with van der Waals surface area (Å²) in [5.74, 6) is -0.585. The molecule has 2 aromatic carbocycles. The number of ketones is 1. The Balaban J connectivity index is 2.12. The van der Waals surface area contributed by atoms with Crippen LogP contribution in [0.4, 0.5) is 0 Å². The number of benzene rings is 2. The molecular formula is C18H17NO3. The van der Waals surface area contributed by atoms with Gasteiger partial charge in [0.1, 0.15) is 5.75 Å². The molecule has 0 spiro atoms. The maximum Gasteiger partial charge on any atom is 0.255 e. The molecule has 0 aromatic heterocycles. The summed E-state index contributed by atoms with van der Waals surface area (Å²) in [7, 11) is 0. The summed E-state index contributed by atoms with van der Waals surface area (Å²) >= 11 is 0. The standard InChI is InChI=1S/C18H17NO3/c1-13(20)17(11-14-7-9-16(21)10-8-14)18(22)19-12-15-5-3-2-4-6-15/h2-11,21H,12H2,1H3,(H,19,22). The number of phenolic OH excluding ortho intramolecular Hbond substituents is 1. The largest absolute Gasteiger partial charge is 0.508 e. The first kappa shape index (κ1) is 15.5. The minimum absolute atomic E-state index is 0.0848. The number of hydrogen-bond donors (Lipinski definition) is 2. The number of aromatic hydroxyl groups is 1. The number of amides is 1. The highest BCUT2D eigenvalue weighted by Crippen LogP contribution is 2.13. The van der Waals surface area contributed by atoms with Gasteiger partial charge in [-0.2, -0.15) is 0 Å². The lowest BCUT2D eigenvalue weighted by molar-refractivity contribution is -0.121. The van der Waals surface area contributed by atoms with Crippen LogP contribution >= 0.6 is 0 Å². The Bertz CT molecular complexity index is 688. The quantitative estimate of drug-likeness (QED) is 0.506.